The van der Waals surface area contributed by atoms with Crippen LogP contribution < -0.4 is 5.01 Å². The van der Waals surface area contributed by atoms with Crippen LogP contribution in [0.1, 0.15) is 108 Å². The first-order valence-corrected chi connectivity index (χ1v) is 11.3. The number of hydrogen-bond donors (Lipinski definition) is 0. The third-order valence-electron chi connectivity index (χ3n) is 5.45. The molecule has 0 N–H and O–H groups in total. The minimum atomic E-state index is 0.391. The highest BCUT2D eigenvalue weighted by atomic mass is 15.5. The van der Waals surface area contributed by atoms with Crippen LogP contribution in [0.15, 0.2) is 59.0 Å². The normalized spacial score (nSPS) is 12.4. The number of anilines is 1. The molecular formula is C27H39N3. The summed E-state index contributed by atoms with van der Waals surface area (Å²) >= 11 is 0. The predicted octanol–water partition coefficient (Wildman–Crippen LogP) is 9.22. The summed E-state index contributed by atoms with van der Waals surface area (Å²) in [6, 6.07) is 13.1. The average molecular weight is 406 g/mol. The van der Waals surface area contributed by atoms with E-state index in [9.17, 15) is 0 Å². The number of rotatable bonds is 8. The van der Waals surface area contributed by atoms with E-state index in [-0.39, 0.29) is 0 Å². The SMILES string of the molecule is C/C=C\N(N=Nc1c(C(C)C)cccc1C(C)C)c1c(C(C)C)cccc1C(C)C. The quantitative estimate of drug-likeness (QED) is 0.318. The Labute approximate surface area is 183 Å². The van der Waals surface area contributed by atoms with Crippen LogP contribution in [-0.2, 0) is 0 Å². The van der Waals surface area contributed by atoms with Gasteiger partial charge < -0.3 is 0 Å². The number of hydrogen-bond acceptors (Lipinski definition) is 2. The molecule has 0 unspecified atom stereocenters. The fourth-order valence-corrected chi connectivity index (χ4v) is 3.79. The Kier molecular flexibility index (Phi) is 8.40. The van der Waals surface area contributed by atoms with Crippen molar-refractivity contribution in [2.24, 2.45) is 10.3 Å². The van der Waals surface area contributed by atoms with Crippen molar-refractivity contribution in [2.75, 3.05) is 5.01 Å². The fourth-order valence-electron chi connectivity index (χ4n) is 3.79. The van der Waals surface area contributed by atoms with Gasteiger partial charge >= 0.3 is 0 Å². The lowest BCUT2D eigenvalue weighted by molar-refractivity contribution is 0.802. The minimum Gasteiger partial charge on any atom is -0.222 e. The van der Waals surface area contributed by atoms with Crippen molar-refractivity contribution in [1.29, 1.82) is 0 Å². The van der Waals surface area contributed by atoms with Crippen molar-refractivity contribution in [3.8, 4) is 0 Å². The van der Waals surface area contributed by atoms with E-state index >= 15 is 0 Å². The van der Waals surface area contributed by atoms with Crippen LogP contribution in [-0.4, -0.2) is 0 Å². The average Bonchev–Trinajstić information content (AvgIpc) is 2.69. The van der Waals surface area contributed by atoms with Crippen molar-refractivity contribution < 1.29 is 0 Å². The highest BCUT2D eigenvalue weighted by Gasteiger charge is 2.19. The molecule has 0 bridgehead atoms. The molecule has 0 radical (unpaired) electrons. The van der Waals surface area contributed by atoms with Crippen molar-refractivity contribution in [1.82, 2.24) is 0 Å². The van der Waals surface area contributed by atoms with E-state index in [4.69, 9.17) is 10.3 Å². The summed E-state index contributed by atoms with van der Waals surface area (Å²) in [5.41, 5.74) is 7.22. The molecule has 0 saturated heterocycles. The van der Waals surface area contributed by atoms with Crippen LogP contribution in [0.2, 0.25) is 0 Å². The van der Waals surface area contributed by atoms with E-state index in [0.717, 1.165) is 11.4 Å². The molecule has 0 aliphatic carbocycles. The van der Waals surface area contributed by atoms with E-state index in [0.29, 0.717) is 23.7 Å². The molecule has 3 nitrogen and oxygen atoms in total. The van der Waals surface area contributed by atoms with Crippen LogP contribution in [0.5, 0.6) is 0 Å². The van der Waals surface area contributed by atoms with Crippen LogP contribution in [0.4, 0.5) is 11.4 Å². The van der Waals surface area contributed by atoms with Crippen LogP contribution >= 0.6 is 0 Å². The van der Waals surface area contributed by atoms with Crippen molar-refractivity contribution in [3.05, 3.63) is 70.9 Å². The van der Waals surface area contributed by atoms with Crippen molar-refractivity contribution in [3.63, 3.8) is 0 Å². The van der Waals surface area contributed by atoms with E-state index in [1.165, 1.54) is 22.3 Å². The lowest BCUT2D eigenvalue weighted by Crippen LogP contribution is -2.13. The lowest BCUT2D eigenvalue weighted by Gasteiger charge is -2.25. The molecule has 30 heavy (non-hydrogen) atoms. The summed E-state index contributed by atoms with van der Waals surface area (Å²) in [5, 5.41) is 11.6. The topological polar surface area (TPSA) is 28.0 Å². The highest BCUT2D eigenvalue weighted by Crippen LogP contribution is 2.38. The first-order chi connectivity index (χ1) is 14.2. The molecule has 0 atom stereocenters. The second-order valence-corrected chi connectivity index (χ2v) is 9.21. The molecule has 0 aromatic heterocycles. The van der Waals surface area contributed by atoms with Gasteiger partial charge in [-0.25, -0.2) is 5.01 Å². The molecule has 3 heteroatoms. The minimum absolute atomic E-state index is 0.391. The Bertz CT molecular complexity index is 836. The van der Waals surface area contributed by atoms with Gasteiger partial charge in [-0.2, -0.15) is 0 Å². The fraction of sp³-hybridized carbons (Fsp3) is 0.481. The van der Waals surface area contributed by atoms with E-state index < -0.39 is 0 Å². The van der Waals surface area contributed by atoms with Crippen molar-refractivity contribution >= 4 is 11.4 Å². The Morgan fingerprint density at radius 2 is 1.07 bits per heavy atom. The first-order valence-electron chi connectivity index (χ1n) is 11.3. The smallest absolute Gasteiger partial charge is 0.0943 e. The van der Waals surface area contributed by atoms with Gasteiger partial charge in [-0.1, -0.05) is 103 Å². The maximum absolute atomic E-state index is 4.84. The Balaban J connectivity index is 2.68. The third-order valence-corrected chi connectivity index (χ3v) is 5.45. The Hall–Kier alpha value is -2.42. The largest absolute Gasteiger partial charge is 0.222 e. The van der Waals surface area contributed by atoms with E-state index in [1.807, 2.05) is 24.2 Å². The summed E-state index contributed by atoms with van der Waals surface area (Å²) < 4.78 is 0. The number of allylic oxidation sites excluding steroid dienone is 1. The summed E-state index contributed by atoms with van der Waals surface area (Å²) in [4.78, 5) is 0. The second kappa shape index (κ2) is 10.6. The summed E-state index contributed by atoms with van der Waals surface area (Å²) in [6.07, 6.45) is 4.04. The molecule has 2 aromatic rings. The summed E-state index contributed by atoms with van der Waals surface area (Å²) in [7, 11) is 0. The molecular weight excluding hydrogens is 366 g/mol. The predicted molar refractivity (Wildman–Crippen MR) is 131 cm³/mol. The monoisotopic (exact) mass is 405 g/mol. The van der Waals surface area contributed by atoms with E-state index in [2.05, 4.69) is 91.8 Å². The van der Waals surface area contributed by atoms with Gasteiger partial charge in [0.1, 0.15) is 0 Å². The molecule has 0 fully saturated rings. The zero-order chi connectivity index (χ0) is 22.4. The van der Waals surface area contributed by atoms with Gasteiger partial charge in [-0.05, 0) is 52.8 Å². The highest BCUT2D eigenvalue weighted by molar-refractivity contribution is 5.63. The number of para-hydroxylation sites is 1. The van der Waals surface area contributed by atoms with Gasteiger partial charge in [0.25, 0.3) is 0 Å². The van der Waals surface area contributed by atoms with Gasteiger partial charge in [0.2, 0.25) is 0 Å². The van der Waals surface area contributed by atoms with Crippen LogP contribution in [0, 0.1) is 0 Å². The third kappa shape index (κ3) is 5.38. The molecule has 0 aliphatic heterocycles. The number of benzene rings is 2. The van der Waals surface area contributed by atoms with E-state index in [1.54, 1.807) is 0 Å². The van der Waals surface area contributed by atoms with Crippen LogP contribution in [0.25, 0.3) is 0 Å². The van der Waals surface area contributed by atoms with Gasteiger partial charge in [0.15, 0.2) is 0 Å². The van der Waals surface area contributed by atoms with Gasteiger partial charge in [0, 0.05) is 6.20 Å². The molecule has 2 aromatic carbocycles. The number of nitrogens with zero attached hydrogens (tertiary/aromatic N) is 3. The molecule has 0 spiro atoms. The Morgan fingerprint density at radius 3 is 1.43 bits per heavy atom. The van der Waals surface area contributed by atoms with Crippen molar-refractivity contribution in [2.45, 2.75) is 86.0 Å². The molecule has 0 saturated carbocycles. The standard InChI is InChI=1S/C27H39N3/c1-10-17-30(27-24(20(6)7)15-12-16-25(27)21(8)9)29-28-26-22(18(2)3)13-11-14-23(26)19(4)5/h10-21H,1-9H3/b17-10-,29-28?. The van der Waals surface area contributed by atoms with Gasteiger partial charge in [-0.15, -0.1) is 5.11 Å². The zero-order valence-electron chi connectivity index (χ0n) is 20.3. The first kappa shape index (κ1) is 23.9. The lowest BCUT2D eigenvalue weighted by atomic mass is 9.92. The molecule has 0 aliphatic rings. The van der Waals surface area contributed by atoms with Gasteiger partial charge in [-0.3, -0.25) is 0 Å². The van der Waals surface area contributed by atoms with Crippen LogP contribution in [0.3, 0.4) is 0 Å². The second-order valence-electron chi connectivity index (χ2n) is 9.21. The zero-order valence-corrected chi connectivity index (χ0v) is 20.3. The molecule has 2 rings (SSSR count). The molecule has 162 valence electrons. The maximum Gasteiger partial charge on any atom is 0.0943 e. The summed E-state index contributed by atoms with van der Waals surface area (Å²) in [5.74, 6) is 1.58. The molecule has 0 heterocycles. The van der Waals surface area contributed by atoms with Gasteiger partial charge in [0.05, 0.1) is 11.4 Å². The Morgan fingerprint density at radius 1 is 0.667 bits per heavy atom. The maximum atomic E-state index is 4.84. The molecule has 0 amide bonds. The summed E-state index contributed by atoms with van der Waals surface area (Å²) in [6.45, 7) is 19.8.